The zero-order valence-corrected chi connectivity index (χ0v) is 19.0. The standard InChI is InChI=1S/C22H27FN4O3S/c1-5-27(6-2)31(29,30)17-8-10-20-19(14-17)24-21(26(20)4)11-12-22(28)25-18-9-7-16(23)13-15(18)3/h7-10,13-14H,5-6,11-12H2,1-4H3,(H,25,28). The van der Waals surface area contributed by atoms with E-state index in [0.29, 0.717) is 42.1 Å². The van der Waals surface area contributed by atoms with E-state index in [2.05, 4.69) is 10.3 Å². The predicted octanol–water partition coefficient (Wildman–Crippen LogP) is 3.62. The van der Waals surface area contributed by atoms with Gasteiger partial charge in [0.25, 0.3) is 0 Å². The number of nitrogens with zero attached hydrogens (tertiary/aromatic N) is 3. The van der Waals surface area contributed by atoms with E-state index in [-0.39, 0.29) is 23.0 Å². The fraction of sp³-hybridized carbons (Fsp3) is 0.364. The number of carbonyl (C=O) groups excluding carboxylic acids is 1. The first-order valence-corrected chi connectivity index (χ1v) is 11.6. The van der Waals surface area contributed by atoms with Crippen molar-refractivity contribution in [2.75, 3.05) is 18.4 Å². The predicted molar refractivity (Wildman–Crippen MR) is 119 cm³/mol. The van der Waals surface area contributed by atoms with Crippen LogP contribution in [-0.4, -0.2) is 41.3 Å². The van der Waals surface area contributed by atoms with Crippen LogP contribution in [0.4, 0.5) is 10.1 Å². The summed E-state index contributed by atoms with van der Waals surface area (Å²) in [6.45, 7) is 6.13. The van der Waals surface area contributed by atoms with Gasteiger partial charge in [-0.05, 0) is 48.9 Å². The minimum atomic E-state index is -3.57. The first kappa shape index (κ1) is 22.9. The van der Waals surface area contributed by atoms with Crippen molar-refractivity contribution in [3.05, 3.63) is 53.6 Å². The van der Waals surface area contributed by atoms with Crippen LogP contribution in [0.1, 0.15) is 31.7 Å². The van der Waals surface area contributed by atoms with Crippen molar-refractivity contribution < 1.29 is 17.6 Å². The van der Waals surface area contributed by atoms with E-state index in [1.165, 1.54) is 22.5 Å². The third kappa shape index (κ3) is 4.77. The molecule has 0 spiro atoms. The molecule has 2 aromatic carbocycles. The quantitative estimate of drug-likeness (QED) is 0.573. The van der Waals surface area contributed by atoms with Gasteiger partial charge in [0, 0.05) is 38.7 Å². The Morgan fingerprint density at radius 2 is 1.87 bits per heavy atom. The highest BCUT2D eigenvalue weighted by atomic mass is 32.2. The van der Waals surface area contributed by atoms with E-state index < -0.39 is 10.0 Å². The lowest BCUT2D eigenvalue weighted by Gasteiger charge is -2.18. The van der Waals surface area contributed by atoms with Crippen molar-refractivity contribution in [3.63, 3.8) is 0 Å². The van der Waals surface area contributed by atoms with Crippen molar-refractivity contribution in [3.8, 4) is 0 Å². The molecule has 1 amide bonds. The van der Waals surface area contributed by atoms with Crippen molar-refractivity contribution in [2.45, 2.75) is 38.5 Å². The molecular weight excluding hydrogens is 419 g/mol. The number of hydrogen-bond donors (Lipinski definition) is 1. The Hall–Kier alpha value is -2.78. The van der Waals surface area contributed by atoms with Crippen molar-refractivity contribution in [1.29, 1.82) is 0 Å². The normalized spacial score (nSPS) is 11.9. The molecule has 0 aliphatic heterocycles. The van der Waals surface area contributed by atoms with Gasteiger partial charge < -0.3 is 9.88 Å². The lowest BCUT2D eigenvalue weighted by molar-refractivity contribution is -0.116. The average Bonchev–Trinajstić information content (AvgIpc) is 3.04. The largest absolute Gasteiger partial charge is 0.331 e. The number of amides is 1. The van der Waals surface area contributed by atoms with E-state index in [4.69, 9.17) is 0 Å². The summed E-state index contributed by atoms with van der Waals surface area (Å²) in [5.74, 6) is 0.127. The number of sulfonamides is 1. The first-order chi connectivity index (χ1) is 14.7. The Morgan fingerprint density at radius 1 is 1.16 bits per heavy atom. The molecule has 166 valence electrons. The van der Waals surface area contributed by atoms with E-state index in [1.807, 2.05) is 11.6 Å². The molecule has 0 atom stereocenters. The highest BCUT2D eigenvalue weighted by Crippen LogP contribution is 2.23. The van der Waals surface area contributed by atoms with Crippen LogP contribution in [-0.2, 0) is 28.3 Å². The maximum Gasteiger partial charge on any atom is 0.243 e. The molecule has 1 aromatic heterocycles. The highest BCUT2D eigenvalue weighted by Gasteiger charge is 2.22. The van der Waals surface area contributed by atoms with Crippen LogP contribution in [0.15, 0.2) is 41.3 Å². The molecule has 31 heavy (non-hydrogen) atoms. The third-order valence-corrected chi connectivity index (χ3v) is 7.37. The van der Waals surface area contributed by atoms with Gasteiger partial charge in [0.1, 0.15) is 11.6 Å². The van der Waals surface area contributed by atoms with Crippen molar-refractivity contribution >= 4 is 32.7 Å². The van der Waals surface area contributed by atoms with Crippen LogP contribution >= 0.6 is 0 Å². The molecular formula is C22H27FN4O3S. The summed E-state index contributed by atoms with van der Waals surface area (Å²) in [6, 6.07) is 9.11. The number of anilines is 1. The second-order valence-corrected chi connectivity index (χ2v) is 9.27. The van der Waals surface area contributed by atoms with Crippen LogP contribution in [0.3, 0.4) is 0 Å². The number of rotatable bonds is 8. The highest BCUT2D eigenvalue weighted by molar-refractivity contribution is 7.89. The Bertz CT molecular complexity index is 1220. The fourth-order valence-electron chi connectivity index (χ4n) is 3.53. The van der Waals surface area contributed by atoms with Gasteiger partial charge in [-0.3, -0.25) is 4.79 Å². The summed E-state index contributed by atoms with van der Waals surface area (Å²) in [7, 11) is -1.73. The molecule has 0 radical (unpaired) electrons. The van der Waals surface area contributed by atoms with Crippen LogP contribution in [0, 0.1) is 12.7 Å². The van der Waals surface area contributed by atoms with Gasteiger partial charge >= 0.3 is 0 Å². The fourth-order valence-corrected chi connectivity index (χ4v) is 5.01. The second kappa shape index (κ2) is 9.15. The summed E-state index contributed by atoms with van der Waals surface area (Å²) >= 11 is 0. The van der Waals surface area contributed by atoms with Crippen LogP contribution in [0.2, 0.25) is 0 Å². The summed E-state index contributed by atoms with van der Waals surface area (Å²) in [5, 5.41) is 2.79. The molecule has 3 rings (SSSR count). The number of fused-ring (bicyclic) bond motifs is 1. The molecule has 0 aliphatic rings. The van der Waals surface area contributed by atoms with E-state index >= 15 is 0 Å². The lowest BCUT2D eigenvalue weighted by Crippen LogP contribution is -2.30. The van der Waals surface area contributed by atoms with Crippen molar-refractivity contribution in [1.82, 2.24) is 13.9 Å². The molecule has 0 aliphatic carbocycles. The average molecular weight is 447 g/mol. The van der Waals surface area contributed by atoms with Gasteiger partial charge in [-0.2, -0.15) is 4.31 Å². The minimum Gasteiger partial charge on any atom is -0.331 e. The van der Waals surface area contributed by atoms with Gasteiger partial charge in [0.2, 0.25) is 15.9 Å². The zero-order chi connectivity index (χ0) is 22.8. The molecule has 1 heterocycles. The van der Waals surface area contributed by atoms with Crippen LogP contribution in [0.25, 0.3) is 11.0 Å². The zero-order valence-electron chi connectivity index (χ0n) is 18.1. The molecule has 0 saturated carbocycles. The Labute approximate surface area is 181 Å². The van der Waals surface area contributed by atoms with Crippen LogP contribution < -0.4 is 5.32 Å². The molecule has 0 saturated heterocycles. The van der Waals surface area contributed by atoms with E-state index in [9.17, 15) is 17.6 Å². The van der Waals surface area contributed by atoms with Gasteiger partial charge in [-0.25, -0.2) is 17.8 Å². The summed E-state index contributed by atoms with van der Waals surface area (Å²) in [6.07, 6.45) is 0.577. The minimum absolute atomic E-state index is 0.193. The number of aromatic nitrogens is 2. The lowest BCUT2D eigenvalue weighted by atomic mass is 10.2. The molecule has 0 bridgehead atoms. The number of hydrogen-bond acceptors (Lipinski definition) is 4. The van der Waals surface area contributed by atoms with Crippen LogP contribution in [0.5, 0.6) is 0 Å². The molecule has 0 fully saturated rings. The maximum absolute atomic E-state index is 13.2. The number of halogens is 1. The Balaban J connectivity index is 1.77. The smallest absolute Gasteiger partial charge is 0.243 e. The van der Waals surface area contributed by atoms with Gasteiger partial charge in [-0.15, -0.1) is 0 Å². The maximum atomic E-state index is 13.2. The van der Waals surface area contributed by atoms with E-state index in [0.717, 1.165) is 5.52 Å². The summed E-state index contributed by atoms with van der Waals surface area (Å²) in [5.41, 5.74) is 2.59. The van der Waals surface area contributed by atoms with E-state index in [1.54, 1.807) is 39.0 Å². The first-order valence-electron chi connectivity index (χ1n) is 10.2. The summed E-state index contributed by atoms with van der Waals surface area (Å²) in [4.78, 5) is 17.1. The topological polar surface area (TPSA) is 84.3 Å². The number of imidazole rings is 1. The number of benzene rings is 2. The number of aryl methyl sites for hydroxylation is 3. The number of carbonyl (C=O) groups is 1. The molecule has 3 aromatic rings. The van der Waals surface area contributed by atoms with Gasteiger partial charge in [0.05, 0.1) is 15.9 Å². The van der Waals surface area contributed by atoms with Gasteiger partial charge in [0.15, 0.2) is 0 Å². The van der Waals surface area contributed by atoms with Crippen molar-refractivity contribution in [2.24, 2.45) is 7.05 Å². The Morgan fingerprint density at radius 3 is 2.52 bits per heavy atom. The monoisotopic (exact) mass is 446 g/mol. The summed E-state index contributed by atoms with van der Waals surface area (Å²) < 4.78 is 42.1. The Kier molecular flexibility index (Phi) is 6.76. The van der Waals surface area contributed by atoms with Gasteiger partial charge in [-0.1, -0.05) is 13.8 Å². The molecule has 1 N–H and O–H groups in total. The third-order valence-electron chi connectivity index (χ3n) is 5.33. The second-order valence-electron chi connectivity index (χ2n) is 7.33. The molecule has 9 heteroatoms. The molecule has 0 unspecified atom stereocenters. The molecule has 7 nitrogen and oxygen atoms in total. The number of nitrogens with one attached hydrogen (secondary N) is 1. The SMILES string of the molecule is CCN(CC)S(=O)(=O)c1ccc2c(c1)nc(CCC(=O)Nc1ccc(F)cc1C)n2C.